The number of likely N-dealkylation sites (N-methyl/N-ethyl adjacent to an activating group) is 1. The van der Waals surface area contributed by atoms with E-state index in [9.17, 15) is 9.18 Å². The summed E-state index contributed by atoms with van der Waals surface area (Å²) in [5.74, 6) is 0.257. The molecule has 28 heavy (non-hydrogen) atoms. The van der Waals surface area contributed by atoms with E-state index in [1.165, 1.54) is 23.9 Å². The predicted molar refractivity (Wildman–Crippen MR) is 109 cm³/mol. The molecule has 0 radical (unpaired) electrons. The summed E-state index contributed by atoms with van der Waals surface area (Å²) >= 11 is 1.34. The van der Waals surface area contributed by atoms with Crippen LogP contribution >= 0.6 is 11.8 Å². The second-order valence-corrected chi connectivity index (χ2v) is 7.43. The zero-order valence-corrected chi connectivity index (χ0v) is 16.6. The highest BCUT2D eigenvalue weighted by molar-refractivity contribution is 8.00. The molecule has 1 aromatic heterocycles. The fourth-order valence-corrected chi connectivity index (χ4v) is 3.90. The summed E-state index contributed by atoms with van der Waals surface area (Å²) in [5.41, 5.74) is 1.64. The van der Waals surface area contributed by atoms with Gasteiger partial charge in [-0.2, -0.15) is 0 Å². The number of amides is 1. The quantitative estimate of drug-likeness (QED) is 0.444. The van der Waals surface area contributed by atoms with Crippen molar-refractivity contribution in [1.82, 2.24) is 19.7 Å². The van der Waals surface area contributed by atoms with Crippen LogP contribution in [-0.4, -0.2) is 39.7 Å². The van der Waals surface area contributed by atoms with Crippen molar-refractivity contribution in [3.63, 3.8) is 0 Å². The van der Waals surface area contributed by atoms with E-state index in [-0.39, 0.29) is 11.7 Å². The minimum Gasteiger partial charge on any atom is -0.348 e. The molecule has 0 unspecified atom stereocenters. The number of thioether (sulfide) groups is 1. The third-order valence-electron chi connectivity index (χ3n) is 4.12. The van der Waals surface area contributed by atoms with Gasteiger partial charge in [0.05, 0.1) is 0 Å². The van der Waals surface area contributed by atoms with E-state index in [0.717, 1.165) is 11.1 Å². The number of nitrogens with zero attached hydrogens (tertiary/aromatic N) is 4. The molecule has 0 aliphatic carbocycles. The van der Waals surface area contributed by atoms with Crippen molar-refractivity contribution in [1.29, 1.82) is 0 Å². The first-order valence-corrected chi connectivity index (χ1v) is 9.62. The fourth-order valence-electron chi connectivity index (χ4n) is 2.71. The molecule has 0 spiro atoms. The van der Waals surface area contributed by atoms with Crippen molar-refractivity contribution >= 4 is 17.7 Å². The summed E-state index contributed by atoms with van der Waals surface area (Å²) < 4.78 is 15.2. The number of halogens is 1. The van der Waals surface area contributed by atoms with Crippen molar-refractivity contribution in [2.75, 3.05) is 14.1 Å². The summed E-state index contributed by atoms with van der Waals surface area (Å²) in [6.45, 7) is 4.28. The third kappa shape index (κ3) is 4.31. The molecule has 144 valence electrons. The van der Waals surface area contributed by atoms with E-state index < -0.39 is 5.25 Å². The zero-order valence-electron chi connectivity index (χ0n) is 15.7. The average molecular weight is 396 g/mol. The zero-order chi connectivity index (χ0) is 20.1. The van der Waals surface area contributed by atoms with E-state index in [1.807, 2.05) is 34.9 Å². The number of hydrogen-bond acceptors (Lipinski definition) is 4. The fraction of sp³-hybridized carbons (Fsp3) is 0.190. The van der Waals surface area contributed by atoms with Gasteiger partial charge < -0.3 is 4.90 Å². The van der Waals surface area contributed by atoms with E-state index >= 15 is 0 Å². The lowest BCUT2D eigenvalue weighted by Gasteiger charge is -2.20. The van der Waals surface area contributed by atoms with Gasteiger partial charge in [0.15, 0.2) is 11.0 Å². The molecular formula is C21H21FN4OS. The Labute approximate surface area is 167 Å². The Hall–Kier alpha value is -2.93. The van der Waals surface area contributed by atoms with Crippen LogP contribution in [0, 0.1) is 5.82 Å². The van der Waals surface area contributed by atoms with Crippen molar-refractivity contribution < 1.29 is 9.18 Å². The first-order chi connectivity index (χ1) is 13.5. The smallest absolute Gasteiger partial charge is 0.240 e. The molecule has 1 amide bonds. The van der Waals surface area contributed by atoms with E-state index in [0.29, 0.717) is 17.5 Å². The highest BCUT2D eigenvalue weighted by Crippen LogP contribution is 2.37. The van der Waals surface area contributed by atoms with Gasteiger partial charge in [0.2, 0.25) is 5.91 Å². The standard InChI is InChI=1S/C21H21FN4OS/c1-4-14-26-19(16-10-12-17(22)13-11-16)23-24-21(26)28-18(20(27)25(2)3)15-8-6-5-7-9-15/h4-13,18H,1,14H2,2-3H3/t18-/m1/s1. The highest BCUT2D eigenvalue weighted by Gasteiger charge is 2.27. The van der Waals surface area contributed by atoms with E-state index in [1.54, 1.807) is 37.2 Å². The van der Waals surface area contributed by atoms with Crippen LogP contribution in [0.25, 0.3) is 11.4 Å². The minimum atomic E-state index is -0.454. The van der Waals surface area contributed by atoms with Crippen molar-refractivity contribution in [3.05, 3.63) is 78.6 Å². The summed E-state index contributed by atoms with van der Waals surface area (Å²) in [5, 5.41) is 8.73. The van der Waals surface area contributed by atoms with Gasteiger partial charge >= 0.3 is 0 Å². The Bertz CT molecular complexity index is 954. The normalized spacial score (nSPS) is 11.8. The maximum absolute atomic E-state index is 13.3. The van der Waals surface area contributed by atoms with Gasteiger partial charge in [-0.3, -0.25) is 9.36 Å². The topological polar surface area (TPSA) is 51.0 Å². The van der Waals surface area contributed by atoms with Crippen LogP contribution < -0.4 is 0 Å². The van der Waals surface area contributed by atoms with Gasteiger partial charge in [0, 0.05) is 26.2 Å². The Morgan fingerprint density at radius 2 is 1.86 bits per heavy atom. The Balaban J connectivity index is 2.00. The number of hydrogen-bond donors (Lipinski definition) is 0. The number of carbonyl (C=O) groups excluding carboxylic acids is 1. The van der Waals surface area contributed by atoms with Gasteiger partial charge in [0.25, 0.3) is 0 Å². The predicted octanol–water partition coefficient (Wildman–Crippen LogP) is 4.19. The van der Waals surface area contributed by atoms with Crippen LogP contribution in [-0.2, 0) is 11.3 Å². The molecule has 2 aromatic carbocycles. The Morgan fingerprint density at radius 3 is 2.46 bits per heavy atom. The van der Waals surface area contributed by atoms with Crippen LogP contribution in [0.4, 0.5) is 4.39 Å². The number of allylic oxidation sites excluding steroid dienone is 1. The molecular weight excluding hydrogens is 375 g/mol. The number of rotatable bonds is 7. The lowest BCUT2D eigenvalue weighted by molar-refractivity contribution is -0.128. The minimum absolute atomic E-state index is 0.0346. The number of aromatic nitrogens is 3. The molecule has 1 atom stereocenters. The molecule has 0 saturated carbocycles. The van der Waals surface area contributed by atoms with Gasteiger partial charge in [-0.15, -0.1) is 16.8 Å². The molecule has 5 nitrogen and oxygen atoms in total. The maximum Gasteiger partial charge on any atom is 0.240 e. The second kappa shape index (κ2) is 8.84. The molecule has 1 heterocycles. The summed E-state index contributed by atoms with van der Waals surface area (Å²) in [7, 11) is 3.47. The molecule has 3 rings (SSSR count). The lowest BCUT2D eigenvalue weighted by Crippen LogP contribution is -2.27. The van der Waals surface area contributed by atoms with Crippen LogP contribution in [0.2, 0.25) is 0 Å². The van der Waals surface area contributed by atoms with Crippen molar-refractivity contribution in [2.24, 2.45) is 0 Å². The highest BCUT2D eigenvalue weighted by atomic mass is 32.2. The monoisotopic (exact) mass is 396 g/mol. The Kier molecular flexibility index (Phi) is 6.26. The summed E-state index contributed by atoms with van der Waals surface area (Å²) in [6, 6.07) is 15.7. The van der Waals surface area contributed by atoms with E-state index in [2.05, 4.69) is 16.8 Å². The maximum atomic E-state index is 13.3. The summed E-state index contributed by atoms with van der Waals surface area (Å²) in [6.07, 6.45) is 1.74. The average Bonchev–Trinajstić information content (AvgIpc) is 3.09. The van der Waals surface area contributed by atoms with Gasteiger partial charge in [-0.25, -0.2) is 4.39 Å². The largest absolute Gasteiger partial charge is 0.348 e. The van der Waals surface area contributed by atoms with Crippen LogP contribution in [0.3, 0.4) is 0 Å². The molecule has 3 aromatic rings. The molecule has 0 aliphatic heterocycles. The number of benzene rings is 2. The van der Waals surface area contributed by atoms with Crippen LogP contribution in [0.15, 0.2) is 72.4 Å². The molecule has 7 heteroatoms. The van der Waals surface area contributed by atoms with E-state index in [4.69, 9.17) is 0 Å². The molecule has 0 fully saturated rings. The van der Waals surface area contributed by atoms with Crippen molar-refractivity contribution in [3.8, 4) is 11.4 Å². The summed E-state index contributed by atoms with van der Waals surface area (Å²) in [4.78, 5) is 14.4. The Morgan fingerprint density at radius 1 is 1.18 bits per heavy atom. The lowest BCUT2D eigenvalue weighted by atomic mass is 10.1. The van der Waals surface area contributed by atoms with Crippen LogP contribution in [0.5, 0.6) is 0 Å². The third-order valence-corrected chi connectivity index (χ3v) is 5.34. The molecule has 0 bridgehead atoms. The first-order valence-electron chi connectivity index (χ1n) is 8.74. The molecule has 0 N–H and O–H groups in total. The van der Waals surface area contributed by atoms with Crippen molar-refractivity contribution in [2.45, 2.75) is 17.0 Å². The first kappa shape index (κ1) is 19.8. The van der Waals surface area contributed by atoms with Gasteiger partial charge in [-0.05, 0) is 29.8 Å². The van der Waals surface area contributed by atoms with Gasteiger partial charge in [0.1, 0.15) is 11.1 Å². The second-order valence-electron chi connectivity index (χ2n) is 6.35. The molecule has 0 saturated heterocycles. The van der Waals surface area contributed by atoms with Gasteiger partial charge in [-0.1, -0.05) is 48.2 Å². The molecule has 0 aliphatic rings. The SMILES string of the molecule is C=CCn1c(S[C@@H](C(=O)N(C)C)c2ccccc2)nnc1-c1ccc(F)cc1. The number of carbonyl (C=O) groups is 1. The van der Waals surface area contributed by atoms with Crippen LogP contribution in [0.1, 0.15) is 10.8 Å².